The molecule has 2 nitrogen and oxygen atoms in total. The van der Waals surface area contributed by atoms with Crippen LogP contribution in [0, 0.1) is 11.3 Å². The van der Waals surface area contributed by atoms with Crippen LogP contribution in [-0.2, 0) is 9.53 Å². The molecule has 0 aromatic rings. The van der Waals surface area contributed by atoms with Crippen molar-refractivity contribution in [3.63, 3.8) is 0 Å². The first-order valence-electron chi connectivity index (χ1n) is 7.63. The average molecular weight is 380 g/mol. The Labute approximate surface area is 132 Å². The van der Waals surface area contributed by atoms with Crippen LogP contribution in [0.25, 0.3) is 0 Å². The Morgan fingerprint density at radius 2 is 1.84 bits per heavy atom. The van der Waals surface area contributed by atoms with E-state index in [1.54, 1.807) is 0 Å². The molecule has 0 amide bonds. The molecule has 2 unspecified atom stereocenters. The van der Waals surface area contributed by atoms with E-state index in [2.05, 4.69) is 57.2 Å². The molecule has 0 aliphatic heterocycles. The van der Waals surface area contributed by atoms with Gasteiger partial charge in [-0.05, 0) is 51.4 Å². The summed E-state index contributed by atoms with van der Waals surface area (Å²) in [7, 11) is 0. The van der Waals surface area contributed by atoms with Gasteiger partial charge in [-0.3, -0.25) is 4.79 Å². The standard InChI is InChI=1S/C16H29IO2/c1-6-16(9-7-8-10-16)19-14(18)15(5,12(2)3)11-13(4)17/h12-13H,6-11H2,1-5H3. The lowest BCUT2D eigenvalue weighted by atomic mass is 9.75. The second-order valence-electron chi connectivity index (χ2n) is 6.69. The maximum Gasteiger partial charge on any atom is 0.312 e. The lowest BCUT2D eigenvalue weighted by Crippen LogP contribution is -2.42. The van der Waals surface area contributed by atoms with Crippen molar-refractivity contribution in [2.24, 2.45) is 11.3 Å². The van der Waals surface area contributed by atoms with Gasteiger partial charge in [0.05, 0.1) is 5.41 Å². The molecule has 2 atom stereocenters. The zero-order valence-electron chi connectivity index (χ0n) is 13.1. The van der Waals surface area contributed by atoms with Gasteiger partial charge < -0.3 is 4.74 Å². The van der Waals surface area contributed by atoms with Crippen molar-refractivity contribution >= 4 is 28.6 Å². The van der Waals surface area contributed by atoms with Gasteiger partial charge in [0.25, 0.3) is 0 Å². The SMILES string of the molecule is CCC1(OC(=O)C(C)(CC(C)I)C(C)C)CCCC1. The van der Waals surface area contributed by atoms with E-state index in [4.69, 9.17) is 4.74 Å². The van der Waals surface area contributed by atoms with Crippen LogP contribution >= 0.6 is 22.6 Å². The number of ether oxygens (including phenoxy) is 1. The van der Waals surface area contributed by atoms with Crippen LogP contribution in [0.2, 0.25) is 0 Å². The van der Waals surface area contributed by atoms with E-state index in [0.717, 1.165) is 25.7 Å². The zero-order valence-corrected chi connectivity index (χ0v) is 15.2. The molecule has 1 rings (SSSR count). The van der Waals surface area contributed by atoms with Crippen LogP contribution in [0.5, 0.6) is 0 Å². The van der Waals surface area contributed by atoms with Crippen molar-refractivity contribution < 1.29 is 9.53 Å². The Morgan fingerprint density at radius 1 is 1.32 bits per heavy atom. The number of hydrogen-bond donors (Lipinski definition) is 0. The summed E-state index contributed by atoms with van der Waals surface area (Å²) in [5, 5.41) is 0. The van der Waals surface area contributed by atoms with E-state index in [1.807, 2.05) is 0 Å². The summed E-state index contributed by atoms with van der Waals surface area (Å²) in [6, 6.07) is 0. The molecule has 0 spiro atoms. The van der Waals surface area contributed by atoms with Crippen LogP contribution in [0.1, 0.15) is 73.1 Å². The van der Waals surface area contributed by atoms with Gasteiger partial charge in [-0.25, -0.2) is 0 Å². The van der Waals surface area contributed by atoms with E-state index in [1.165, 1.54) is 12.8 Å². The zero-order chi connectivity index (χ0) is 14.7. The largest absolute Gasteiger partial charge is 0.459 e. The molecule has 19 heavy (non-hydrogen) atoms. The van der Waals surface area contributed by atoms with Crippen LogP contribution in [0.15, 0.2) is 0 Å². The molecule has 1 saturated carbocycles. The number of alkyl halides is 1. The van der Waals surface area contributed by atoms with Gasteiger partial charge in [0.1, 0.15) is 5.60 Å². The highest BCUT2D eigenvalue weighted by Gasteiger charge is 2.44. The third kappa shape index (κ3) is 4.08. The molecule has 0 heterocycles. The second-order valence-corrected chi connectivity index (χ2v) is 8.82. The van der Waals surface area contributed by atoms with Crippen molar-refractivity contribution in [2.75, 3.05) is 0 Å². The van der Waals surface area contributed by atoms with Gasteiger partial charge in [0.15, 0.2) is 0 Å². The molecule has 0 radical (unpaired) electrons. The molecule has 1 aliphatic carbocycles. The fourth-order valence-corrected chi connectivity index (χ4v) is 3.91. The Kier molecular flexibility index (Phi) is 6.15. The molecule has 0 bridgehead atoms. The van der Waals surface area contributed by atoms with Crippen molar-refractivity contribution in [1.82, 2.24) is 0 Å². The van der Waals surface area contributed by atoms with E-state index >= 15 is 0 Å². The van der Waals surface area contributed by atoms with Gasteiger partial charge in [-0.15, -0.1) is 0 Å². The van der Waals surface area contributed by atoms with Crippen molar-refractivity contribution in [2.45, 2.75) is 82.7 Å². The molecular weight excluding hydrogens is 351 g/mol. The lowest BCUT2D eigenvalue weighted by molar-refractivity contribution is -0.174. The van der Waals surface area contributed by atoms with Crippen LogP contribution in [0.4, 0.5) is 0 Å². The van der Waals surface area contributed by atoms with Crippen LogP contribution < -0.4 is 0 Å². The van der Waals surface area contributed by atoms with E-state index in [0.29, 0.717) is 9.84 Å². The third-order valence-corrected chi connectivity index (χ3v) is 5.35. The summed E-state index contributed by atoms with van der Waals surface area (Å²) < 4.78 is 6.52. The minimum absolute atomic E-state index is 0.0229. The molecule has 1 fully saturated rings. The quantitative estimate of drug-likeness (QED) is 0.363. The van der Waals surface area contributed by atoms with Crippen LogP contribution in [0.3, 0.4) is 0 Å². The van der Waals surface area contributed by atoms with Crippen molar-refractivity contribution in [3.05, 3.63) is 0 Å². The Balaban J connectivity index is 2.82. The number of carbonyl (C=O) groups is 1. The Bertz CT molecular complexity index is 306. The van der Waals surface area contributed by atoms with E-state index < -0.39 is 0 Å². The molecule has 0 N–H and O–H groups in total. The van der Waals surface area contributed by atoms with E-state index in [9.17, 15) is 4.79 Å². The minimum atomic E-state index is -0.356. The molecule has 1 aliphatic rings. The normalized spacial score (nSPS) is 23.1. The van der Waals surface area contributed by atoms with Gasteiger partial charge >= 0.3 is 5.97 Å². The molecule has 0 aromatic carbocycles. The first kappa shape index (κ1) is 17.3. The molecular formula is C16H29IO2. The predicted molar refractivity (Wildman–Crippen MR) is 88.6 cm³/mol. The summed E-state index contributed by atoms with van der Waals surface area (Å²) >= 11 is 2.40. The minimum Gasteiger partial charge on any atom is -0.459 e. The number of hydrogen-bond acceptors (Lipinski definition) is 2. The average Bonchev–Trinajstić information content (AvgIpc) is 2.77. The number of esters is 1. The fourth-order valence-electron chi connectivity index (χ4n) is 3.00. The second kappa shape index (κ2) is 6.77. The van der Waals surface area contributed by atoms with Crippen molar-refractivity contribution in [1.29, 1.82) is 0 Å². The third-order valence-electron chi connectivity index (χ3n) is 4.91. The summed E-state index contributed by atoms with van der Waals surface area (Å²) in [4.78, 5) is 12.7. The molecule has 112 valence electrons. The smallest absolute Gasteiger partial charge is 0.312 e. The monoisotopic (exact) mass is 380 g/mol. The fraction of sp³-hybridized carbons (Fsp3) is 0.938. The van der Waals surface area contributed by atoms with Gasteiger partial charge in [-0.1, -0.05) is 50.3 Å². The molecule has 0 aromatic heterocycles. The number of halogens is 1. The summed E-state index contributed by atoms with van der Waals surface area (Å²) in [6.45, 7) is 10.7. The maximum atomic E-state index is 12.7. The maximum absolute atomic E-state index is 12.7. The molecule has 0 saturated heterocycles. The topological polar surface area (TPSA) is 26.3 Å². The van der Waals surface area contributed by atoms with Gasteiger partial charge in [0.2, 0.25) is 0 Å². The first-order valence-corrected chi connectivity index (χ1v) is 8.88. The predicted octanol–water partition coefficient (Wildman–Crippen LogP) is 5.13. The van der Waals surface area contributed by atoms with Crippen LogP contribution in [-0.4, -0.2) is 15.5 Å². The molecule has 3 heteroatoms. The van der Waals surface area contributed by atoms with Gasteiger partial charge in [0, 0.05) is 3.92 Å². The van der Waals surface area contributed by atoms with Crippen molar-refractivity contribution in [3.8, 4) is 0 Å². The Hall–Kier alpha value is 0.200. The van der Waals surface area contributed by atoms with Gasteiger partial charge in [-0.2, -0.15) is 0 Å². The number of carbonyl (C=O) groups excluding carboxylic acids is 1. The van der Waals surface area contributed by atoms with E-state index in [-0.39, 0.29) is 17.0 Å². The first-order chi connectivity index (χ1) is 8.76. The Morgan fingerprint density at radius 3 is 2.21 bits per heavy atom. The highest BCUT2D eigenvalue weighted by molar-refractivity contribution is 14.1. The summed E-state index contributed by atoms with van der Waals surface area (Å²) in [5.41, 5.74) is -0.521. The summed E-state index contributed by atoms with van der Waals surface area (Å²) in [6.07, 6.45) is 6.33. The highest BCUT2D eigenvalue weighted by atomic mass is 127. The highest BCUT2D eigenvalue weighted by Crippen LogP contribution is 2.41. The lowest BCUT2D eigenvalue weighted by Gasteiger charge is -2.37. The number of rotatable bonds is 6. The summed E-state index contributed by atoms with van der Waals surface area (Å²) in [5.74, 6) is 0.335.